The molecule has 1 atom stereocenters. The van der Waals surface area contributed by atoms with E-state index >= 15 is 0 Å². The summed E-state index contributed by atoms with van der Waals surface area (Å²) in [5.74, 6) is -0.160. The van der Waals surface area contributed by atoms with Gasteiger partial charge in [0.2, 0.25) is 0 Å². The molecule has 1 unspecified atom stereocenters. The summed E-state index contributed by atoms with van der Waals surface area (Å²) >= 11 is 0. The minimum absolute atomic E-state index is 0.0683. The minimum Gasteiger partial charge on any atom is -0.347 e. The molecule has 0 saturated carbocycles. The fourth-order valence-electron chi connectivity index (χ4n) is 2.66. The fourth-order valence-corrected chi connectivity index (χ4v) is 2.66. The van der Waals surface area contributed by atoms with Gasteiger partial charge < -0.3 is 15.5 Å². The molecule has 0 bridgehead atoms. The predicted molar refractivity (Wildman–Crippen MR) is 99.5 cm³/mol. The van der Waals surface area contributed by atoms with Crippen molar-refractivity contribution in [3.63, 3.8) is 0 Å². The fraction of sp³-hybridized carbons (Fsp3) is 0.300. The Morgan fingerprint density at radius 3 is 2.12 bits per heavy atom. The number of hydrogen-bond donors (Lipinski definition) is 3. The summed E-state index contributed by atoms with van der Waals surface area (Å²) in [6.07, 6.45) is 0. The van der Waals surface area contributed by atoms with Gasteiger partial charge in [-0.2, -0.15) is 0 Å². The molecular formula is C20H26N3O2+. The smallest absolute Gasteiger partial charge is 0.279 e. The molecule has 0 fully saturated rings. The molecule has 25 heavy (non-hydrogen) atoms. The zero-order valence-electron chi connectivity index (χ0n) is 15.1. The molecule has 5 heteroatoms. The average Bonchev–Trinajstić information content (AvgIpc) is 2.57. The number of likely N-dealkylation sites (N-methyl/N-ethyl adjacent to an activating group) is 1. The average molecular weight is 340 g/mol. The maximum Gasteiger partial charge on any atom is 0.279 e. The quantitative estimate of drug-likeness (QED) is 0.706. The van der Waals surface area contributed by atoms with Gasteiger partial charge in [0.15, 0.2) is 13.1 Å². The Bertz CT molecular complexity index is 709. The van der Waals surface area contributed by atoms with Gasteiger partial charge in [0.1, 0.15) is 0 Å². The number of amides is 2. The normalized spacial score (nSPS) is 11.6. The Morgan fingerprint density at radius 2 is 1.48 bits per heavy atom. The Balaban J connectivity index is 1.78. The second-order valence-electron chi connectivity index (χ2n) is 6.39. The molecule has 0 aliphatic heterocycles. The number of quaternary nitrogens is 1. The van der Waals surface area contributed by atoms with E-state index in [2.05, 4.69) is 10.6 Å². The van der Waals surface area contributed by atoms with Gasteiger partial charge >= 0.3 is 0 Å². The summed E-state index contributed by atoms with van der Waals surface area (Å²) in [5, 5.41) is 5.83. The van der Waals surface area contributed by atoms with E-state index in [1.165, 1.54) is 0 Å². The van der Waals surface area contributed by atoms with Crippen molar-refractivity contribution >= 4 is 17.5 Å². The van der Waals surface area contributed by atoms with Crippen LogP contribution in [0.15, 0.2) is 48.5 Å². The van der Waals surface area contributed by atoms with Crippen LogP contribution in [0.2, 0.25) is 0 Å². The zero-order chi connectivity index (χ0) is 18.2. The van der Waals surface area contributed by atoms with Gasteiger partial charge in [-0.3, -0.25) is 9.59 Å². The Morgan fingerprint density at radius 1 is 0.880 bits per heavy atom. The Hall–Kier alpha value is -2.66. The van der Waals surface area contributed by atoms with E-state index < -0.39 is 0 Å². The first-order valence-electron chi connectivity index (χ1n) is 8.43. The number of carbonyl (C=O) groups excluding carboxylic acids is 2. The molecule has 2 rings (SSSR count). The summed E-state index contributed by atoms with van der Waals surface area (Å²) in [5.41, 5.74) is 3.98. The van der Waals surface area contributed by atoms with Crippen LogP contribution < -0.4 is 15.5 Å². The standard InChI is InChI=1S/C20H25N3O2/c1-15-8-7-9-16(2)20(15)22-19(25)14-23(3)13-18(24)21-12-17-10-5-4-6-11-17/h4-11H,12-14H2,1-3H3,(H,21,24)(H,22,25)/p+1. The molecule has 2 aromatic rings. The Labute approximate surface area is 149 Å². The topological polar surface area (TPSA) is 62.6 Å². The molecule has 0 aromatic heterocycles. The van der Waals surface area contributed by atoms with Crippen molar-refractivity contribution in [3.8, 4) is 0 Å². The minimum atomic E-state index is -0.0919. The molecule has 0 saturated heterocycles. The van der Waals surface area contributed by atoms with E-state index in [4.69, 9.17) is 0 Å². The summed E-state index contributed by atoms with van der Waals surface area (Å²) < 4.78 is 0. The summed E-state index contributed by atoms with van der Waals surface area (Å²) in [6.45, 7) is 4.94. The maximum atomic E-state index is 12.2. The van der Waals surface area contributed by atoms with Crippen LogP contribution >= 0.6 is 0 Å². The number of anilines is 1. The third-order valence-electron chi connectivity index (χ3n) is 4.00. The molecule has 0 radical (unpaired) electrons. The number of para-hydroxylation sites is 1. The van der Waals surface area contributed by atoms with Crippen molar-refractivity contribution in [1.82, 2.24) is 5.32 Å². The first-order valence-corrected chi connectivity index (χ1v) is 8.43. The largest absolute Gasteiger partial charge is 0.347 e. The zero-order valence-corrected chi connectivity index (χ0v) is 15.1. The lowest BCUT2D eigenvalue weighted by Gasteiger charge is -2.15. The van der Waals surface area contributed by atoms with E-state index in [0.29, 0.717) is 6.54 Å². The molecule has 0 spiro atoms. The number of nitrogens with one attached hydrogen (secondary N) is 3. The molecular weight excluding hydrogens is 314 g/mol. The van der Waals surface area contributed by atoms with Crippen molar-refractivity contribution < 1.29 is 14.5 Å². The van der Waals surface area contributed by atoms with Crippen molar-refractivity contribution in [1.29, 1.82) is 0 Å². The molecule has 2 aromatic carbocycles. The van der Waals surface area contributed by atoms with Gasteiger partial charge in [0.25, 0.3) is 11.8 Å². The third kappa shape index (κ3) is 6.04. The van der Waals surface area contributed by atoms with Crippen molar-refractivity contribution in [2.24, 2.45) is 0 Å². The number of carbonyl (C=O) groups is 2. The second-order valence-corrected chi connectivity index (χ2v) is 6.39. The molecule has 5 nitrogen and oxygen atoms in total. The van der Waals surface area contributed by atoms with Crippen LogP contribution in [0.3, 0.4) is 0 Å². The predicted octanol–water partition coefficient (Wildman–Crippen LogP) is 1.07. The van der Waals surface area contributed by atoms with E-state index in [-0.39, 0.29) is 24.9 Å². The highest BCUT2D eigenvalue weighted by Gasteiger charge is 2.15. The van der Waals surface area contributed by atoms with Crippen LogP contribution in [0.5, 0.6) is 0 Å². The molecule has 132 valence electrons. The van der Waals surface area contributed by atoms with E-state index in [1.54, 1.807) is 0 Å². The van der Waals surface area contributed by atoms with Gasteiger partial charge in [-0.15, -0.1) is 0 Å². The van der Waals surface area contributed by atoms with E-state index in [0.717, 1.165) is 27.3 Å². The number of benzene rings is 2. The Kier molecular flexibility index (Phi) is 6.71. The summed E-state index contributed by atoms with van der Waals surface area (Å²) in [7, 11) is 1.84. The lowest BCUT2D eigenvalue weighted by atomic mass is 10.1. The second kappa shape index (κ2) is 8.99. The summed E-state index contributed by atoms with van der Waals surface area (Å²) in [4.78, 5) is 25.1. The first-order chi connectivity index (χ1) is 12.0. The highest BCUT2D eigenvalue weighted by atomic mass is 16.2. The monoisotopic (exact) mass is 340 g/mol. The molecule has 3 N–H and O–H groups in total. The highest BCUT2D eigenvalue weighted by Crippen LogP contribution is 2.18. The highest BCUT2D eigenvalue weighted by molar-refractivity contribution is 5.93. The number of aryl methyl sites for hydroxylation is 2. The molecule has 0 aliphatic rings. The molecule has 0 heterocycles. The van der Waals surface area contributed by atoms with Crippen molar-refractivity contribution in [2.45, 2.75) is 20.4 Å². The van der Waals surface area contributed by atoms with Gasteiger partial charge in [-0.25, -0.2) is 0 Å². The molecule has 2 amide bonds. The van der Waals surface area contributed by atoms with E-state index in [1.807, 2.05) is 69.4 Å². The van der Waals surface area contributed by atoms with Crippen LogP contribution in [0.25, 0.3) is 0 Å². The van der Waals surface area contributed by atoms with Crippen LogP contribution in [0.4, 0.5) is 5.69 Å². The van der Waals surface area contributed by atoms with Crippen molar-refractivity contribution in [3.05, 3.63) is 65.2 Å². The number of rotatable bonds is 7. The van der Waals surface area contributed by atoms with E-state index in [9.17, 15) is 9.59 Å². The number of hydrogen-bond acceptors (Lipinski definition) is 2. The molecule has 0 aliphatic carbocycles. The van der Waals surface area contributed by atoms with Crippen molar-refractivity contribution in [2.75, 3.05) is 25.5 Å². The van der Waals surface area contributed by atoms with Gasteiger partial charge in [0.05, 0.1) is 7.05 Å². The lowest BCUT2D eigenvalue weighted by Crippen LogP contribution is -3.11. The lowest BCUT2D eigenvalue weighted by molar-refractivity contribution is -0.862. The van der Waals surface area contributed by atoms with Crippen LogP contribution in [-0.4, -0.2) is 32.0 Å². The van der Waals surface area contributed by atoms with Crippen LogP contribution in [-0.2, 0) is 16.1 Å². The SMILES string of the molecule is Cc1cccc(C)c1NC(=O)C[NH+](C)CC(=O)NCc1ccccc1. The van der Waals surface area contributed by atoms with Crippen LogP contribution in [0.1, 0.15) is 16.7 Å². The van der Waals surface area contributed by atoms with Gasteiger partial charge in [-0.1, -0.05) is 48.5 Å². The van der Waals surface area contributed by atoms with Crippen LogP contribution in [0, 0.1) is 13.8 Å². The maximum absolute atomic E-state index is 12.2. The summed E-state index contributed by atoms with van der Waals surface area (Å²) in [6, 6.07) is 15.7. The van der Waals surface area contributed by atoms with Gasteiger partial charge in [0, 0.05) is 12.2 Å². The third-order valence-corrected chi connectivity index (χ3v) is 4.00. The van der Waals surface area contributed by atoms with Gasteiger partial charge in [-0.05, 0) is 30.5 Å². The first kappa shape index (κ1) is 18.7.